The number of aryl methyl sites for hydroxylation is 2. The first-order valence-electron chi connectivity index (χ1n) is 4.75. The zero-order valence-corrected chi connectivity index (χ0v) is 7.38. The van der Waals surface area contributed by atoms with Crippen LogP contribution in [0.15, 0.2) is 12.4 Å². The van der Waals surface area contributed by atoms with E-state index in [1.54, 1.807) is 0 Å². The van der Waals surface area contributed by atoms with Crippen molar-refractivity contribution in [2.24, 2.45) is 0 Å². The molecule has 1 aliphatic rings. The third-order valence-corrected chi connectivity index (χ3v) is 2.78. The molecule has 0 saturated heterocycles. The molecule has 0 radical (unpaired) electrons. The van der Waals surface area contributed by atoms with Crippen molar-refractivity contribution in [3.8, 4) is 0 Å². The number of pyridine rings is 1. The molecule has 3 heteroatoms. The van der Waals surface area contributed by atoms with E-state index < -0.39 is 0 Å². The molecule has 0 atom stereocenters. The van der Waals surface area contributed by atoms with Crippen molar-refractivity contribution >= 4 is 10.9 Å². The Balaban J connectivity index is 2.34. The third kappa shape index (κ3) is 0.963. The quantitative estimate of drug-likeness (QED) is 0.660. The van der Waals surface area contributed by atoms with Gasteiger partial charge in [-0.1, -0.05) is 0 Å². The summed E-state index contributed by atoms with van der Waals surface area (Å²) >= 11 is 0. The van der Waals surface area contributed by atoms with E-state index in [4.69, 9.17) is 0 Å². The minimum Gasteiger partial charge on any atom is -0.284 e. The summed E-state index contributed by atoms with van der Waals surface area (Å²) in [6, 6.07) is 0. The zero-order chi connectivity index (χ0) is 8.67. The number of nitrogens with zero attached hydrogens (tertiary/aromatic N) is 2. The fourth-order valence-electron chi connectivity index (χ4n) is 2.10. The van der Waals surface area contributed by atoms with Gasteiger partial charge in [0, 0.05) is 17.3 Å². The lowest BCUT2D eigenvalue weighted by atomic mass is 9.94. The Morgan fingerprint density at radius 2 is 2.15 bits per heavy atom. The Hall–Kier alpha value is -1.38. The highest BCUT2D eigenvalue weighted by Gasteiger charge is 2.14. The summed E-state index contributed by atoms with van der Waals surface area (Å²) in [7, 11) is 0. The van der Waals surface area contributed by atoms with Gasteiger partial charge in [0.15, 0.2) is 0 Å². The Kier molecular flexibility index (Phi) is 1.39. The summed E-state index contributed by atoms with van der Waals surface area (Å²) in [6.45, 7) is 0. The highest BCUT2D eigenvalue weighted by Crippen LogP contribution is 2.25. The number of rotatable bonds is 0. The van der Waals surface area contributed by atoms with E-state index in [0.717, 1.165) is 11.9 Å². The molecule has 3 rings (SSSR count). The van der Waals surface area contributed by atoms with Crippen LogP contribution in [0.25, 0.3) is 10.9 Å². The van der Waals surface area contributed by atoms with Crippen molar-refractivity contribution in [2.75, 3.05) is 0 Å². The highest BCUT2D eigenvalue weighted by atomic mass is 15.1. The van der Waals surface area contributed by atoms with Crippen molar-refractivity contribution in [3.63, 3.8) is 0 Å². The second-order valence-corrected chi connectivity index (χ2v) is 3.57. The molecule has 2 aromatic rings. The minimum atomic E-state index is 1.00. The minimum absolute atomic E-state index is 1.00. The average Bonchev–Trinajstić information content (AvgIpc) is 2.65. The summed E-state index contributed by atoms with van der Waals surface area (Å²) < 4.78 is 0. The van der Waals surface area contributed by atoms with Crippen molar-refractivity contribution in [1.29, 1.82) is 0 Å². The van der Waals surface area contributed by atoms with Gasteiger partial charge >= 0.3 is 0 Å². The van der Waals surface area contributed by atoms with Gasteiger partial charge in [-0.3, -0.25) is 10.1 Å². The van der Waals surface area contributed by atoms with Gasteiger partial charge in [0.25, 0.3) is 0 Å². The van der Waals surface area contributed by atoms with Crippen molar-refractivity contribution in [2.45, 2.75) is 25.7 Å². The van der Waals surface area contributed by atoms with Gasteiger partial charge in [0.1, 0.15) is 5.52 Å². The van der Waals surface area contributed by atoms with Gasteiger partial charge in [-0.2, -0.15) is 5.10 Å². The summed E-state index contributed by atoms with van der Waals surface area (Å²) in [5.41, 5.74) is 3.69. The van der Waals surface area contributed by atoms with Crippen molar-refractivity contribution in [3.05, 3.63) is 23.7 Å². The van der Waals surface area contributed by atoms with Crippen LogP contribution in [-0.4, -0.2) is 15.2 Å². The fraction of sp³-hybridized carbons (Fsp3) is 0.400. The van der Waals surface area contributed by atoms with Crippen LogP contribution in [0.2, 0.25) is 0 Å². The van der Waals surface area contributed by atoms with Crippen LogP contribution in [0.1, 0.15) is 24.1 Å². The maximum absolute atomic E-state index is 4.44. The van der Waals surface area contributed by atoms with Crippen molar-refractivity contribution < 1.29 is 0 Å². The number of fused-ring (bicyclic) bond motifs is 3. The molecule has 0 fully saturated rings. The first-order chi connectivity index (χ1) is 6.45. The molecule has 0 aromatic carbocycles. The molecule has 0 amide bonds. The van der Waals surface area contributed by atoms with Crippen LogP contribution in [0.5, 0.6) is 0 Å². The average molecular weight is 173 g/mol. The van der Waals surface area contributed by atoms with Crippen LogP contribution in [-0.2, 0) is 12.8 Å². The van der Waals surface area contributed by atoms with E-state index in [9.17, 15) is 0 Å². The number of aromatic amines is 1. The number of hydrogen-bond acceptors (Lipinski definition) is 2. The lowest BCUT2D eigenvalue weighted by molar-refractivity contribution is 0.673. The summed E-state index contributed by atoms with van der Waals surface area (Å²) in [5, 5.41) is 8.31. The molecule has 2 heterocycles. The molecule has 0 aliphatic heterocycles. The predicted octanol–water partition coefficient (Wildman–Crippen LogP) is 1.84. The maximum Gasteiger partial charge on any atom is 0.111 e. The molecule has 0 bridgehead atoms. The Bertz CT molecular complexity index is 444. The second-order valence-electron chi connectivity index (χ2n) is 3.57. The topological polar surface area (TPSA) is 41.6 Å². The van der Waals surface area contributed by atoms with Crippen LogP contribution in [0, 0.1) is 0 Å². The van der Waals surface area contributed by atoms with Crippen LogP contribution in [0.3, 0.4) is 0 Å². The SMILES string of the molecule is c1nc2c(c3c[nH]nc13)CCCC2. The lowest BCUT2D eigenvalue weighted by Crippen LogP contribution is -2.04. The van der Waals surface area contributed by atoms with Gasteiger partial charge in [0.2, 0.25) is 0 Å². The van der Waals surface area contributed by atoms with Crippen LogP contribution >= 0.6 is 0 Å². The van der Waals surface area contributed by atoms with Crippen molar-refractivity contribution in [1.82, 2.24) is 15.2 Å². The monoisotopic (exact) mass is 173 g/mol. The summed E-state index contributed by atoms with van der Waals surface area (Å²) in [6.07, 6.45) is 8.73. The molecule has 13 heavy (non-hydrogen) atoms. The Morgan fingerprint density at radius 3 is 3.15 bits per heavy atom. The summed E-state index contributed by atoms with van der Waals surface area (Å²) in [5.74, 6) is 0. The molecule has 0 saturated carbocycles. The van der Waals surface area contributed by atoms with Gasteiger partial charge in [-0.05, 0) is 31.2 Å². The molecule has 0 spiro atoms. The highest BCUT2D eigenvalue weighted by molar-refractivity contribution is 5.81. The molecule has 3 nitrogen and oxygen atoms in total. The molecule has 1 N–H and O–H groups in total. The maximum atomic E-state index is 4.44. The van der Waals surface area contributed by atoms with Gasteiger partial charge in [-0.25, -0.2) is 0 Å². The second kappa shape index (κ2) is 2.55. The molecular weight excluding hydrogens is 162 g/mol. The molecular formula is C10H11N3. The van der Waals surface area contributed by atoms with E-state index in [-0.39, 0.29) is 0 Å². The van der Waals surface area contributed by atoms with Crippen LogP contribution in [0.4, 0.5) is 0 Å². The lowest BCUT2D eigenvalue weighted by Gasteiger charge is -2.14. The normalized spacial score (nSPS) is 16.0. The molecule has 0 unspecified atom stereocenters. The third-order valence-electron chi connectivity index (χ3n) is 2.78. The van der Waals surface area contributed by atoms with E-state index in [1.807, 2.05) is 12.4 Å². The molecule has 2 aromatic heterocycles. The standard InChI is InChI=1S/C10H11N3/c1-2-4-9-7(3-1)8-5-12-13-10(8)6-11-9/h5-6H,1-4H2,(H,12,13). The number of hydrogen-bond donors (Lipinski definition) is 1. The number of nitrogens with one attached hydrogen (secondary N) is 1. The molecule has 1 aliphatic carbocycles. The first-order valence-corrected chi connectivity index (χ1v) is 4.75. The number of H-pyrrole nitrogens is 1. The number of aromatic nitrogens is 3. The van der Waals surface area contributed by atoms with Gasteiger partial charge in [-0.15, -0.1) is 0 Å². The fourth-order valence-corrected chi connectivity index (χ4v) is 2.10. The van der Waals surface area contributed by atoms with Gasteiger partial charge < -0.3 is 0 Å². The largest absolute Gasteiger partial charge is 0.284 e. The van der Waals surface area contributed by atoms with E-state index in [0.29, 0.717) is 0 Å². The Morgan fingerprint density at radius 1 is 1.23 bits per heavy atom. The van der Waals surface area contributed by atoms with E-state index in [1.165, 1.54) is 35.9 Å². The van der Waals surface area contributed by atoms with Gasteiger partial charge in [0.05, 0.1) is 6.20 Å². The molecule has 66 valence electrons. The first kappa shape index (κ1) is 7.06. The predicted molar refractivity (Wildman–Crippen MR) is 50.5 cm³/mol. The van der Waals surface area contributed by atoms with Crippen LogP contribution < -0.4 is 0 Å². The zero-order valence-electron chi connectivity index (χ0n) is 7.38. The smallest absolute Gasteiger partial charge is 0.111 e. The Labute approximate surface area is 76.2 Å². The summed E-state index contributed by atoms with van der Waals surface area (Å²) in [4.78, 5) is 4.44. The van der Waals surface area contributed by atoms with E-state index in [2.05, 4.69) is 15.2 Å². The van der Waals surface area contributed by atoms with E-state index >= 15 is 0 Å².